The van der Waals surface area contributed by atoms with E-state index >= 15 is 0 Å². The van der Waals surface area contributed by atoms with Crippen molar-refractivity contribution in [3.05, 3.63) is 95.1 Å². The number of hydrogen-bond donors (Lipinski definition) is 1. The summed E-state index contributed by atoms with van der Waals surface area (Å²) in [5, 5.41) is 8.94. The number of methoxy groups -OCH3 is 1. The molecule has 1 N–H and O–H groups in total. The Morgan fingerprint density at radius 1 is 1.00 bits per heavy atom. The number of carbonyl (C=O) groups is 1. The minimum Gasteiger partial charge on any atom is -0.497 e. The average Bonchev–Trinajstić information content (AvgIpc) is 2.72. The summed E-state index contributed by atoms with van der Waals surface area (Å²) >= 11 is 0. The quantitative estimate of drug-likeness (QED) is 0.624. The summed E-state index contributed by atoms with van der Waals surface area (Å²) < 4.78 is 5.35. The number of allylic oxidation sites excluding steroid dienone is 1. The van der Waals surface area contributed by atoms with Gasteiger partial charge in [-0.3, -0.25) is 0 Å². The molecule has 0 aliphatic heterocycles. The molecule has 0 spiro atoms. The standard InChI is InChI=1S/C25H20O3/c1-18-7-11-20(12-8-18)24-16-15-23(28-2)17-22(24)6-4-3-5-19-9-13-21(14-10-19)25(26)27/h4,6-17H,1-2H3,(H,26,27)/b6-4+. The van der Waals surface area contributed by atoms with Gasteiger partial charge in [0.15, 0.2) is 0 Å². The zero-order valence-corrected chi connectivity index (χ0v) is 15.8. The van der Waals surface area contributed by atoms with Gasteiger partial charge in [0.2, 0.25) is 0 Å². The summed E-state index contributed by atoms with van der Waals surface area (Å²) in [4.78, 5) is 10.9. The fraction of sp³-hybridized carbons (Fsp3) is 0.0800. The Morgan fingerprint density at radius 2 is 1.71 bits per heavy atom. The minimum absolute atomic E-state index is 0.250. The number of aromatic carboxylic acids is 1. The van der Waals surface area contributed by atoms with Crippen molar-refractivity contribution >= 4 is 12.0 Å². The maximum absolute atomic E-state index is 10.9. The lowest BCUT2D eigenvalue weighted by molar-refractivity contribution is 0.0697. The molecule has 3 rings (SSSR count). The van der Waals surface area contributed by atoms with Gasteiger partial charge >= 0.3 is 5.97 Å². The second-order valence-electron chi connectivity index (χ2n) is 6.30. The molecule has 0 heterocycles. The topological polar surface area (TPSA) is 46.5 Å². The molecule has 3 aromatic rings. The van der Waals surface area contributed by atoms with E-state index in [9.17, 15) is 4.79 Å². The Kier molecular flexibility index (Phi) is 5.94. The highest BCUT2D eigenvalue weighted by Crippen LogP contribution is 2.28. The third-order valence-electron chi connectivity index (χ3n) is 4.32. The molecule has 0 aliphatic carbocycles. The molecule has 28 heavy (non-hydrogen) atoms. The van der Waals surface area contributed by atoms with Crippen molar-refractivity contribution < 1.29 is 14.6 Å². The molecule has 0 unspecified atom stereocenters. The second-order valence-corrected chi connectivity index (χ2v) is 6.30. The fourth-order valence-corrected chi connectivity index (χ4v) is 2.75. The van der Waals surface area contributed by atoms with Crippen LogP contribution in [0.4, 0.5) is 0 Å². The molecule has 3 nitrogen and oxygen atoms in total. The zero-order valence-electron chi connectivity index (χ0n) is 15.8. The van der Waals surface area contributed by atoms with Crippen molar-refractivity contribution in [2.45, 2.75) is 6.92 Å². The van der Waals surface area contributed by atoms with Crippen molar-refractivity contribution in [3.8, 4) is 28.7 Å². The minimum atomic E-state index is -0.943. The van der Waals surface area contributed by atoms with E-state index in [-0.39, 0.29) is 5.56 Å². The Labute approximate surface area is 164 Å². The molecule has 3 heteroatoms. The molecule has 0 atom stereocenters. The summed E-state index contributed by atoms with van der Waals surface area (Å²) in [5.41, 5.74) is 5.47. The maximum Gasteiger partial charge on any atom is 0.335 e. The summed E-state index contributed by atoms with van der Waals surface area (Å²) in [5.74, 6) is 5.86. The number of aryl methyl sites for hydroxylation is 1. The van der Waals surface area contributed by atoms with Crippen molar-refractivity contribution in [3.63, 3.8) is 0 Å². The Morgan fingerprint density at radius 3 is 2.36 bits per heavy atom. The van der Waals surface area contributed by atoms with Gasteiger partial charge in [0.05, 0.1) is 12.7 Å². The highest BCUT2D eigenvalue weighted by Gasteiger charge is 2.05. The summed E-state index contributed by atoms with van der Waals surface area (Å²) in [6.07, 6.45) is 3.74. The first kappa shape index (κ1) is 19.0. The number of hydrogen-bond acceptors (Lipinski definition) is 2. The number of ether oxygens (including phenoxy) is 1. The molecule has 0 amide bonds. The molecule has 0 aromatic heterocycles. The second kappa shape index (κ2) is 8.75. The van der Waals surface area contributed by atoms with E-state index < -0.39 is 5.97 Å². The zero-order chi connectivity index (χ0) is 19.9. The van der Waals surface area contributed by atoms with Crippen LogP contribution >= 0.6 is 0 Å². The van der Waals surface area contributed by atoms with Crippen LogP contribution in [-0.2, 0) is 0 Å². The summed E-state index contributed by atoms with van der Waals surface area (Å²) in [6.45, 7) is 2.07. The molecular weight excluding hydrogens is 348 g/mol. The number of rotatable bonds is 4. The Balaban J connectivity index is 1.86. The van der Waals surface area contributed by atoms with Crippen LogP contribution in [0.3, 0.4) is 0 Å². The van der Waals surface area contributed by atoms with E-state index in [1.165, 1.54) is 5.56 Å². The van der Waals surface area contributed by atoms with E-state index in [0.717, 1.165) is 28.0 Å². The highest BCUT2D eigenvalue weighted by molar-refractivity contribution is 5.87. The third-order valence-corrected chi connectivity index (χ3v) is 4.32. The van der Waals surface area contributed by atoms with Crippen molar-refractivity contribution in [1.82, 2.24) is 0 Å². The molecule has 0 radical (unpaired) electrons. The lowest BCUT2D eigenvalue weighted by atomic mass is 9.98. The number of carboxylic acids is 1. The van der Waals surface area contributed by atoms with E-state index in [2.05, 4.69) is 43.0 Å². The average molecular weight is 368 g/mol. The van der Waals surface area contributed by atoms with E-state index in [0.29, 0.717) is 0 Å². The lowest BCUT2D eigenvalue weighted by Gasteiger charge is -2.09. The highest BCUT2D eigenvalue weighted by atomic mass is 16.5. The van der Waals surface area contributed by atoms with Gasteiger partial charge in [-0.15, -0.1) is 0 Å². The van der Waals surface area contributed by atoms with Gasteiger partial charge in [0, 0.05) is 5.56 Å². The van der Waals surface area contributed by atoms with Crippen LogP contribution < -0.4 is 4.74 Å². The monoisotopic (exact) mass is 368 g/mol. The largest absolute Gasteiger partial charge is 0.497 e. The first-order chi connectivity index (χ1) is 13.6. The van der Waals surface area contributed by atoms with Gasteiger partial charge in [-0.2, -0.15) is 0 Å². The maximum atomic E-state index is 10.9. The molecule has 0 saturated carbocycles. The van der Waals surface area contributed by atoms with Gasteiger partial charge in [0.1, 0.15) is 5.75 Å². The molecule has 138 valence electrons. The molecule has 0 bridgehead atoms. The van der Waals surface area contributed by atoms with Crippen molar-refractivity contribution in [2.75, 3.05) is 7.11 Å². The van der Waals surface area contributed by atoms with Gasteiger partial charge < -0.3 is 9.84 Å². The van der Waals surface area contributed by atoms with Crippen LogP contribution in [0.25, 0.3) is 17.2 Å². The first-order valence-corrected chi connectivity index (χ1v) is 8.83. The van der Waals surface area contributed by atoms with E-state index in [1.807, 2.05) is 24.3 Å². The van der Waals surface area contributed by atoms with Crippen LogP contribution in [-0.4, -0.2) is 18.2 Å². The van der Waals surface area contributed by atoms with E-state index in [4.69, 9.17) is 9.84 Å². The van der Waals surface area contributed by atoms with Crippen molar-refractivity contribution in [1.29, 1.82) is 0 Å². The Hall–Kier alpha value is -3.77. The molecule has 0 aliphatic rings. The summed E-state index contributed by atoms with van der Waals surface area (Å²) in [6, 6.07) is 20.9. The first-order valence-electron chi connectivity index (χ1n) is 8.83. The van der Waals surface area contributed by atoms with Crippen LogP contribution in [0.5, 0.6) is 5.75 Å². The van der Waals surface area contributed by atoms with Crippen LogP contribution in [0.1, 0.15) is 27.0 Å². The molecule has 3 aromatic carbocycles. The van der Waals surface area contributed by atoms with Gasteiger partial charge in [-0.1, -0.05) is 47.7 Å². The normalized spacial score (nSPS) is 10.4. The van der Waals surface area contributed by atoms with Crippen LogP contribution in [0, 0.1) is 18.8 Å². The van der Waals surface area contributed by atoms with Gasteiger partial charge in [-0.05, 0) is 72.2 Å². The smallest absolute Gasteiger partial charge is 0.335 e. The van der Waals surface area contributed by atoms with Crippen LogP contribution in [0.15, 0.2) is 72.8 Å². The summed E-state index contributed by atoms with van der Waals surface area (Å²) in [7, 11) is 1.65. The predicted molar refractivity (Wildman–Crippen MR) is 112 cm³/mol. The van der Waals surface area contributed by atoms with Crippen molar-refractivity contribution in [2.24, 2.45) is 0 Å². The number of benzene rings is 3. The van der Waals surface area contributed by atoms with Gasteiger partial charge in [0.25, 0.3) is 0 Å². The fourth-order valence-electron chi connectivity index (χ4n) is 2.75. The lowest BCUT2D eigenvalue weighted by Crippen LogP contribution is -1.94. The SMILES string of the molecule is COc1ccc(-c2ccc(C)cc2)c(/C=C/C#Cc2ccc(C(=O)O)cc2)c1. The third kappa shape index (κ3) is 4.69. The molecular formula is C25H20O3. The van der Waals surface area contributed by atoms with E-state index in [1.54, 1.807) is 37.5 Å². The Bertz CT molecular complexity index is 1060. The van der Waals surface area contributed by atoms with Crippen LogP contribution in [0.2, 0.25) is 0 Å². The predicted octanol–water partition coefficient (Wildman–Crippen LogP) is 5.43. The molecule has 0 saturated heterocycles. The van der Waals surface area contributed by atoms with Gasteiger partial charge in [-0.25, -0.2) is 4.79 Å². The number of carboxylic acid groups (broad SMARTS) is 1. The molecule has 0 fully saturated rings.